The predicted molar refractivity (Wildman–Crippen MR) is 91.8 cm³/mol. The Kier molecular flexibility index (Phi) is 4.35. The number of ether oxygens (including phenoxy) is 1. The number of benzene rings is 2. The maximum atomic E-state index is 12.8. The van der Waals surface area contributed by atoms with Gasteiger partial charge in [-0.25, -0.2) is 0 Å². The fourth-order valence-corrected chi connectivity index (χ4v) is 3.06. The third-order valence-corrected chi connectivity index (χ3v) is 4.17. The second-order valence-electron chi connectivity index (χ2n) is 6.05. The summed E-state index contributed by atoms with van der Waals surface area (Å²) in [6.07, 6.45) is 0.288. The summed E-state index contributed by atoms with van der Waals surface area (Å²) >= 11 is 0. The van der Waals surface area contributed by atoms with Crippen molar-refractivity contribution in [3.8, 4) is 5.75 Å². The number of carbonyl (C=O) groups is 1. The zero-order valence-electron chi connectivity index (χ0n) is 13.6. The maximum absolute atomic E-state index is 12.8. The van der Waals surface area contributed by atoms with Gasteiger partial charge in [0.25, 0.3) is 0 Å². The van der Waals surface area contributed by atoms with Crippen molar-refractivity contribution in [1.82, 2.24) is 0 Å². The molecule has 3 rings (SSSR count). The van der Waals surface area contributed by atoms with Gasteiger partial charge in [-0.15, -0.1) is 0 Å². The van der Waals surface area contributed by atoms with Crippen LogP contribution in [-0.2, 0) is 4.79 Å². The summed E-state index contributed by atoms with van der Waals surface area (Å²) in [5.74, 6) is 0.847. The summed E-state index contributed by atoms with van der Waals surface area (Å²) < 4.78 is 5.75. The Hall–Kier alpha value is -2.33. The van der Waals surface area contributed by atoms with Gasteiger partial charge < -0.3 is 15.4 Å². The van der Waals surface area contributed by atoms with E-state index < -0.39 is 0 Å². The minimum atomic E-state index is -0.291. The highest BCUT2D eigenvalue weighted by atomic mass is 16.5. The van der Waals surface area contributed by atoms with Crippen LogP contribution in [0.15, 0.2) is 42.5 Å². The Morgan fingerprint density at radius 1 is 1.26 bits per heavy atom. The van der Waals surface area contributed by atoms with Crippen LogP contribution in [0.3, 0.4) is 0 Å². The average Bonchev–Trinajstić information content (AvgIpc) is 2.55. The molecule has 23 heavy (non-hydrogen) atoms. The first-order chi connectivity index (χ1) is 11.1. The van der Waals surface area contributed by atoms with Crippen LogP contribution in [0, 0.1) is 13.8 Å². The molecule has 4 heteroatoms. The molecule has 4 nitrogen and oxygen atoms in total. The molecule has 0 bridgehead atoms. The number of amides is 1. The largest absolute Gasteiger partial charge is 0.489 e. The molecular weight excluding hydrogens is 288 g/mol. The van der Waals surface area contributed by atoms with Gasteiger partial charge in [0.1, 0.15) is 12.4 Å². The van der Waals surface area contributed by atoms with Crippen molar-refractivity contribution in [3.63, 3.8) is 0 Å². The van der Waals surface area contributed by atoms with Gasteiger partial charge in [-0.2, -0.15) is 0 Å². The van der Waals surface area contributed by atoms with E-state index in [9.17, 15) is 4.79 Å². The molecule has 0 spiro atoms. The van der Waals surface area contributed by atoms with Crippen molar-refractivity contribution in [2.75, 3.05) is 18.1 Å². The first-order valence-corrected chi connectivity index (χ1v) is 7.91. The molecule has 1 atom stereocenters. The van der Waals surface area contributed by atoms with Gasteiger partial charge in [0, 0.05) is 12.5 Å². The summed E-state index contributed by atoms with van der Waals surface area (Å²) in [6.45, 7) is 5.12. The standard InChI is InChI=1S/C19H22N2O2/c1-13-10-14(2)19-17(11-13)21(8-9-23-19)18(22)12-16(20)15-6-4-3-5-7-15/h3-7,10-11,16H,8-9,12,20H2,1-2H3/t16-/m0/s1. The number of hydrogen-bond donors (Lipinski definition) is 1. The topological polar surface area (TPSA) is 55.6 Å². The van der Waals surface area contributed by atoms with E-state index in [1.165, 1.54) is 0 Å². The smallest absolute Gasteiger partial charge is 0.229 e. The fraction of sp³-hybridized carbons (Fsp3) is 0.316. The van der Waals surface area contributed by atoms with Gasteiger partial charge in [-0.1, -0.05) is 36.4 Å². The molecule has 0 saturated heterocycles. The highest BCUT2D eigenvalue weighted by molar-refractivity contribution is 5.96. The Balaban J connectivity index is 1.82. The molecule has 1 aliphatic rings. The Bertz CT molecular complexity index is 713. The second-order valence-corrected chi connectivity index (χ2v) is 6.05. The van der Waals surface area contributed by atoms with E-state index in [1.807, 2.05) is 55.1 Å². The van der Waals surface area contributed by atoms with E-state index in [1.54, 1.807) is 0 Å². The summed E-state index contributed by atoms with van der Waals surface area (Å²) in [4.78, 5) is 14.6. The van der Waals surface area contributed by atoms with Crippen LogP contribution >= 0.6 is 0 Å². The van der Waals surface area contributed by atoms with Gasteiger partial charge >= 0.3 is 0 Å². The first kappa shape index (κ1) is 15.6. The van der Waals surface area contributed by atoms with Crippen LogP contribution in [0.2, 0.25) is 0 Å². The Morgan fingerprint density at radius 2 is 2.00 bits per heavy atom. The molecular formula is C19H22N2O2. The molecule has 0 aliphatic carbocycles. The molecule has 0 unspecified atom stereocenters. The molecule has 2 aromatic rings. The van der Waals surface area contributed by atoms with Crippen molar-refractivity contribution < 1.29 is 9.53 Å². The lowest BCUT2D eigenvalue weighted by Crippen LogP contribution is -2.39. The van der Waals surface area contributed by atoms with Crippen LogP contribution in [0.4, 0.5) is 5.69 Å². The number of nitrogens with zero attached hydrogens (tertiary/aromatic N) is 1. The number of carbonyl (C=O) groups excluding carboxylic acids is 1. The van der Waals surface area contributed by atoms with Crippen LogP contribution < -0.4 is 15.4 Å². The number of anilines is 1. The summed E-state index contributed by atoms with van der Waals surface area (Å²) in [6, 6.07) is 13.5. The number of fused-ring (bicyclic) bond motifs is 1. The van der Waals surface area contributed by atoms with Gasteiger partial charge in [0.2, 0.25) is 5.91 Å². The van der Waals surface area contributed by atoms with Crippen LogP contribution in [0.1, 0.15) is 29.2 Å². The van der Waals surface area contributed by atoms with E-state index in [4.69, 9.17) is 10.5 Å². The zero-order valence-corrected chi connectivity index (χ0v) is 13.6. The van der Waals surface area contributed by atoms with Crippen LogP contribution in [0.5, 0.6) is 5.75 Å². The molecule has 0 fully saturated rings. The molecule has 2 N–H and O–H groups in total. The summed E-state index contributed by atoms with van der Waals surface area (Å²) in [5.41, 5.74) is 10.2. The third-order valence-electron chi connectivity index (χ3n) is 4.17. The molecule has 2 aromatic carbocycles. The zero-order chi connectivity index (χ0) is 16.4. The van der Waals surface area contributed by atoms with Gasteiger partial charge in [0.05, 0.1) is 12.2 Å². The monoisotopic (exact) mass is 310 g/mol. The summed E-state index contributed by atoms with van der Waals surface area (Å²) in [7, 11) is 0. The van der Waals surface area contributed by atoms with Crippen molar-refractivity contribution in [2.45, 2.75) is 26.3 Å². The quantitative estimate of drug-likeness (QED) is 0.947. The number of hydrogen-bond acceptors (Lipinski definition) is 3. The highest BCUT2D eigenvalue weighted by Crippen LogP contribution is 2.36. The van der Waals surface area contributed by atoms with E-state index in [-0.39, 0.29) is 18.4 Å². The molecule has 0 aromatic heterocycles. The van der Waals surface area contributed by atoms with E-state index in [2.05, 4.69) is 6.07 Å². The SMILES string of the molecule is Cc1cc(C)c2c(c1)N(C(=O)C[C@H](N)c1ccccc1)CCO2. The minimum Gasteiger partial charge on any atom is -0.489 e. The lowest BCUT2D eigenvalue weighted by molar-refractivity contribution is -0.119. The van der Waals surface area contributed by atoms with Crippen molar-refractivity contribution >= 4 is 11.6 Å². The fourth-order valence-electron chi connectivity index (χ4n) is 3.06. The molecule has 1 heterocycles. The highest BCUT2D eigenvalue weighted by Gasteiger charge is 2.26. The third kappa shape index (κ3) is 3.22. The van der Waals surface area contributed by atoms with Crippen molar-refractivity contribution in [1.29, 1.82) is 0 Å². The van der Waals surface area contributed by atoms with Crippen molar-refractivity contribution in [3.05, 3.63) is 59.2 Å². The second kappa shape index (κ2) is 6.42. The van der Waals surface area contributed by atoms with Gasteiger partial charge in [-0.05, 0) is 36.6 Å². The summed E-state index contributed by atoms with van der Waals surface area (Å²) in [5, 5.41) is 0. The number of aryl methyl sites for hydroxylation is 2. The molecule has 120 valence electrons. The van der Waals surface area contributed by atoms with E-state index >= 15 is 0 Å². The van der Waals surface area contributed by atoms with Gasteiger partial charge in [0.15, 0.2) is 0 Å². The van der Waals surface area contributed by atoms with Gasteiger partial charge in [-0.3, -0.25) is 4.79 Å². The van der Waals surface area contributed by atoms with Crippen molar-refractivity contribution in [2.24, 2.45) is 5.73 Å². The predicted octanol–water partition coefficient (Wildman–Crippen LogP) is 3.12. The first-order valence-electron chi connectivity index (χ1n) is 7.91. The van der Waals surface area contributed by atoms with Crippen LogP contribution in [0.25, 0.3) is 0 Å². The minimum absolute atomic E-state index is 0.0379. The molecule has 0 saturated carbocycles. The molecule has 1 aliphatic heterocycles. The maximum Gasteiger partial charge on any atom is 0.229 e. The average molecular weight is 310 g/mol. The van der Waals surface area contributed by atoms with Crippen LogP contribution in [-0.4, -0.2) is 19.1 Å². The van der Waals surface area contributed by atoms with E-state index in [0.717, 1.165) is 28.1 Å². The Morgan fingerprint density at radius 3 is 2.74 bits per heavy atom. The lowest BCUT2D eigenvalue weighted by atomic mass is 10.0. The lowest BCUT2D eigenvalue weighted by Gasteiger charge is -2.31. The van der Waals surface area contributed by atoms with E-state index in [0.29, 0.717) is 13.2 Å². The molecule has 1 amide bonds. The number of nitrogens with two attached hydrogens (primary N) is 1. The normalized spacial score (nSPS) is 14.8. The Labute approximate surface area is 136 Å². The molecule has 0 radical (unpaired) electrons. The number of rotatable bonds is 3.